The molecule has 0 fully saturated rings. The summed E-state index contributed by atoms with van der Waals surface area (Å²) in [4.78, 5) is -0.170. The van der Waals surface area contributed by atoms with Crippen molar-refractivity contribution in [2.75, 3.05) is 31.4 Å². The molecule has 28 heavy (non-hydrogen) atoms. The summed E-state index contributed by atoms with van der Waals surface area (Å²) in [6, 6.07) is 10.2. The minimum atomic E-state index is -3.75. The van der Waals surface area contributed by atoms with Gasteiger partial charge in [-0.1, -0.05) is 0 Å². The summed E-state index contributed by atoms with van der Waals surface area (Å²) in [7, 11) is -2.46. The lowest BCUT2D eigenvalue weighted by molar-refractivity contribution is 0.186. The second-order valence-electron chi connectivity index (χ2n) is 6.04. The summed E-state index contributed by atoms with van der Waals surface area (Å²) < 4.78 is 42.9. The van der Waals surface area contributed by atoms with E-state index in [4.69, 9.17) is 15.9 Å². The Balaban J connectivity index is 1.81. The Kier molecular flexibility index (Phi) is 7.32. The van der Waals surface area contributed by atoms with E-state index in [0.717, 1.165) is 11.8 Å². The van der Waals surface area contributed by atoms with E-state index in [0.29, 0.717) is 5.56 Å². The van der Waals surface area contributed by atoms with Crippen LogP contribution in [-0.2, 0) is 9.84 Å². The molecule has 0 radical (unpaired) electrons. The maximum absolute atomic E-state index is 13.7. The molecule has 0 spiro atoms. The van der Waals surface area contributed by atoms with Crippen molar-refractivity contribution in [3.63, 3.8) is 0 Å². The second-order valence-corrected chi connectivity index (χ2v) is 8.02. The number of nitrogen functional groups attached to an aromatic ring is 1. The molecule has 0 aliphatic rings. The van der Waals surface area contributed by atoms with E-state index in [-0.39, 0.29) is 29.6 Å². The smallest absolute Gasteiger partial charge is 0.191 e. The van der Waals surface area contributed by atoms with Gasteiger partial charge in [-0.05, 0) is 42.5 Å². The Morgan fingerprint density at radius 3 is 2.50 bits per heavy atom. The predicted octanol–water partition coefficient (Wildman–Crippen LogP) is 0.912. The third-order valence-corrected chi connectivity index (χ3v) is 5.45. The van der Waals surface area contributed by atoms with Crippen LogP contribution in [-0.4, -0.2) is 51.5 Å². The van der Waals surface area contributed by atoms with E-state index in [1.807, 2.05) is 0 Å². The zero-order chi connectivity index (χ0) is 20.7. The van der Waals surface area contributed by atoms with Gasteiger partial charge < -0.3 is 26.2 Å². The van der Waals surface area contributed by atoms with Crippen LogP contribution in [0.25, 0.3) is 0 Å². The molecule has 6 N–H and O–H groups in total. The van der Waals surface area contributed by atoms with Crippen LogP contribution in [0, 0.1) is 11.2 Å². The monoisotopic (exact) mass is 410 g/mol. The van der Waals surface area contributed by atoms with Crippen LogP contribution >= 0.6 is 0 Å². The Morgan fingerprint density at radius 1 is 1.25 bits per heavy atom. The normalized spacial score (nSPS) is 12.4. The largest absolute Gasteiger partial charge is 0.494 e. The molecule has 1 unspecified atom stereocenters. The van der Waals surface area contributed by atoms with Crippen molar-refractivity contribution in [2.45, 2.75) is 11.0 Å². The summed E-state index contributed by atoms with van der Waals surface area (Å²) in [5, 5.41) is 23.0. The first-order valence-electron chi connectivity index (χ1n) is 8.36. The number of hydrogen-bond donors (Lipinski definition) is 5. The van der Waals surface area contributed by atoms with Gasteiger partial charge in [0.15, 0.2) is 21.4 Å². The Labute approximate surface area is 163 Å². The van der Waals surface area contributed by atoms with Crippen LogP contribution in [0.5, 0.6) is 5.75 Å². The van der Waals surface area contributed by atoms with E-state index in [2.05, 4.69) is 10.6 Å². The first kappa shape index (κ1) is 21.6. The number of nitrogens with two attached hydrogens (primary N) is 1. The second kappa shape index (κ2) is 9.49. The van der Waals surface area contributed by atoms with E-state index in [1.54, 1.807) is 24.3 Å². The van der Waals surface area contributed by atoms with Crippen molar-refractivity contribution in [1.29, 1.82) is 5.41 Å². The van der Waals surface area contributed by atoms with Gasteiger partial charge in [0, 0.05) is 24.3 Å². The summed E-state index contributed by atoms with van der Waals surface area (Å²) in [5.41, 5.74) is 6.70. The molecule has 0 aliphatic carbocycles. The van der Waals surface area contributed by atoms with E-state index in [1.165, 1.54) is 19.2 Å². The lowest BCUT2D eigenvalue weighted by Gasteiger charge is -2.14. The maximum Gasteiger partial charge on any atom is 0.191 e. The molecule has 0 bridgehead atoms. The van der Waals surface area contributed by atoms with Crippen molar-refractivity contribution < 1.29 is 22.7 Å². The van der Waals surface area contributed by atoms with Crippen LogP contribution in [0.2, 0.25) is 0 Å². The van der Waals surface area contributed by atoms with E-state index < -0.39 is 27.6 Å². The summed E-state index contributed by atoms with van der Waals surface area (Å²) in [6.07, 6.45) is -0.852. The first-order valence-corrected chi connectivity index (χ1v) is 10.0. The molecule has 8 nitrogen and oxygen atoms in total. The van der Waals surface area contributed by atoms with Gasteiger partial charge in [0.2, 0.25) is 0 Å². The van der Waals surface area contributed by atoms with Gasteiger partial charge in [-0.2, -0.15) is 0 Å². The van der Waals surface area contributed by atoms with Gasteiger partial charge in [0.1, 0.15) is 11.7 Å². The molecule has 10 heteroatoms. The van der Waals surface area contributed by atoms with Crippen molar-refractivity contribution in [3.05, 3.63) is 53.8 Å². The number of halogens is 1. The van der Waals surface area contributed by atoms with Crippen molar-refractivity contribution >= 4 is 21.4 Å². The SMILES string of the molecule is COc1ccc(S(=O)(=O)CNCC(O)CNc2ccc(C(=N)N)cc2)cc1F. The lowest BCUT2D eigenvalue weighted by atomic mass is 10.2. The predicted molar refractivity (Wildman–Crippen MR) is 105 cm³/mol. The number of nitrogens with one attached hydrogen (secondary N) is 3. The van der Waals surface area contributed by atoms with Crippen LogP contribution in [0.4, 0.5) is 10.1 Å². The fourth-order valence-corrected chi connectivity index (χ4v) is 3.47. The highest BCUT2D eigenvalue weighted by atomic mass is 32.2. The maximum atomic E-state index is 13.7. The molecule has 0 aromatic heterocycles. The van der Waals surface area contributed by atoms with Crippen molar-refractivity contribution in [1.82, 2.24) is 5.32 Å². The molecule has 2 aromatic rings. The average molecular weight is 410 g/mol. The number of methoxy groups -OCH3 is 1. The third kappa shape index (κ3) is 5.91. The quantitative estimate of drug-likeness (QED) is 0.290. The lowest BCUT2D eigenvalue weighted by Crippen LogP contribution is -2.35. The molecular formula is C18H23FN4O4S. The zero-order valence-corrected chi connectivity index (χ0v) is 16.1. The highest BCUT2D eigenvalue weighted by Gasteiger charge is 2.17. The van der Waals surface area contributed by atoms with Crippen LogP contribution < -0.4 is 21.1 Å². The van der Waals surface area contributed by atoms with Gasteiger partial charge in [0.25, 0.3) is 0 Å². The number of hydrogen-bond acceptors (Lipinski definition) is 7. The van der Waals surface area contributed by atoms with Gasteiger partial charge >= 0.3 is 0 Å². The van der Waals surface area contributed by atoms with Crippen molar-refractivity contribution in [3.8, 4) is 5.75 Å². The fraction of sp³-hybridized carbons (Fsp3) is 0.278. The Bertz CT molecular complexity index is 920. The number of amidine groups is 1. The first-order chi connectivity index (χ1) is 13.2. The van der Waals surface area contributed by atoms with Crippen LogP contribution in [0.3, 0.4) is 0 Å². The standard InChI is InChI=1S/C18H23FN4O4S/c1-27-17-7-6-15(8-16(17)19)28(25,26)11-22-9-14(24)10-23-13-4-2-12(3-5-13)18(20)21/h2-8,14,22-24H,9-11H2,1H3,(H3,20,21). The third-order valence-electron chi connectivity index (χ3n) is 3.89. The average Bonchev–Trinajstić information content (AvgIpc) is 2.66. The number of benzene rings is 2. The number of ether oxygens (including phenoxy) is 1. The molecule has 0 amide bonds. The molecule has 0 aliphatic heterocycles. The molecule has 0 heterocycles. The van der Waals surface area contributed by atoms with Crippen LogP contribution in [0.15, 0.2) is 47.4 Å². The number of sulfone groups is 1. The number of aliphatic hydroxyl groups is 1. The molecule has 0 saturated carbocycles. The minimum absolute atomic E-state index is 0.0242. The molecule has 0 saturated heterocycles. The summed E-state index contributed by atoms with van der Waals surface area (Å²) >= 11 is 0. The van der Waals surface area contributed by atoms with Gasteiger partial charge in [0.05, 0.1) is 18.1 Å². The summed E-state index contributed by atoms with van der Waals surface area (Å²) in [5.74, 6) is -1.27. The highest BCUT2D eigenvalue weighted by Crippen LogP contribution is 2.21. The topological polar surface area (TPSA) is 138 Å². The molecule has 1 atom stereocenters. The summed E-state index contributed by atoms with van der Waals surface area (Å²) in [6.45, 7) is 0.208. The highest BCUT2D eigenvalue weighted by molar-refractivity contribution is 7.91. The molecular weight excluding hydrogens is 387 g/mol. The van der Waals surface area contributed by atoms with E-state index in [9.17, 15) is 17.9 Å². The van der Waals surface area contributed by atoms with Crippen LogP contribution in [0.1, 0.15) is 5.56 Å². The van der Waals surface area contributed by atoms with Gasteiger partial charge in [-0.3, -0.25) is 5.41 Å². The molecule has 2 aromatic carbocycles. The Morgan fingerprint density at radius 2 is 1.93 bits per heavy atom. The molecule has 152 valence electrons. The van der Waals surface area contributed by atoms with Gasteiger partial charge in [-0.15, -0.1) is 0 Å². The number of aliphatic hydroxyl groups excluding tert-OH is 1. The minimum Gasteiger partial charge on any atom is -0.494 e. The van der Waals surface area contributed by atoms with Crippen molar-refractivity contribution in [2.24, 2.45) is 5.73 Å². The van der Waals surface area contributed by atoms with Gasteiger partial charge in [-0.25, -0.2) is 12.8 Å². The fourth-order valence-electron chi connectivity index (χ4n) is 2.36. The number of rotatable bonds is 10. The Hall–Kier alpha value is -2.69. The molecule has 2 rings (SSSR count). The zero-order valence-electron chi connectivity index (χ0n) is 15.3. The number of anilines is 1. The van der Waals surface area contributed by atoms with E-state index >= 15 is 0 Å².